The first-order valence-electron chi connectivity index (χ1n) is 5.83. The first kappa shape index (κ1) is 12.5. The number of carbonyl (C=O) groups excluding carboxylic acids is 1. The molecule has 1 saturated heterocycles. The molecule has 1 aliphatic rings. The molecule has 0 aromatic rings. The van der Waals surface area contributed by atoms with Crippen LogP contribution in [0.1, 0.15) is 19.3 Å². The topological polar surface area (TPSA) is 35.6 Å². The Bertz CT molecular complexity index is 188. The molecule has 1 N–H and O–H groups in total. The second kappa shape index (κ2) is 6.80. The van der Waals surface area contributed by atoms with Crippen molar-refractivity contribution in [2.24, 2.45) is 0 Å². The second-order valence-electron chi connectivity index (χ2n) is 4.39. The van der Waals surface area contributed by atoms with Crippen LogP contribution < -0.4 is 5.32 Å². The fourth-order valence-corrected chi connectivity index (χ4v) is 1.75. The van der Waals surface area contributed by atoms with Gasteiger partial charge in [0.1, 0.15) is 0 Å². The molecule has 0 unspecified atom stereocenters. The number of likely N-dealkylation sites (tertiary alicyclic amines) is 1. The van der Waals surface area contributed by atoms with E-state index in [1.54, 1.807) is 0 Å². The Balaban J connectivity index is 1.97. The van der Waals surface area contributed by atoms with Gasteiger partial charge >= 0.3 is 0 Å². The highest BCUT2D eigenvalue weighted by molar-refractivity contribution is 5.76. The van der Waals surface area contributed by atoms with Crippen LogP contribution in [0.4, 0.5) is 0 Å². The lowest BCUT2D eigenvalue weighted by atomic mass is 10.3. The normalized spacial score (nSPS) is 16.3. The van der Waals surface area contributed by atoms with Crippen molar-refractivity contribution < 1.29 is 4.79 Å². The van der Waals surface area contributed by atoms with Gasteiger partial charge in [-0.15, -0.1) is 0 Å². The van der Waals surface area contributed by atoms with Crippen LogP contribution in [0.2, 0.25) is 0 Å². The van der Waals surface area contributed by atoms with Crippen LogP contribution in [0, 0.1) is 0 Å². The summed E-state index contributed by atoms with van der Waals surface area (Å²) >= 11 is 0. The van der Waals surface area contributed by atoms with Crippen LogP contribution in [0.3, 0.4) is 0 Å². The molecule has 88 valence electrons. The van der Waals surface area contributed by atoms with E-state index in [0.29, 0.717) is 12.3 Å². The van der Waals surface area contributed by atoms with Gasteiger partial charge in [-0.3, -0.25) is 4.79 Å². The summed E-state index contributed by atoms with van der Waals surface area (Å²) in [7, 11) is 4.11. The fraction of sp³-hybridized carbons (Fsp3) is 0.909. The summed E-state index contributed by atoms with van der Waals surface area (Å²) in [5.41, 5.74) is 0. The van der Waals surface area contributed by atoms with Crippen molar-refractivity contribution in [3.63, 3.8) is 0 Å². The lowest BCUT2D eigenvalue weighted by molar-refractivity contribution is -0.130. The molecule has 4 heteroatoms. The predicted octanol–water partition coefficient (Wildman–Crippen LogP) is 0.150. The van der Waals surface area contributed by atoms with Gasteiger partial charge in [0.2, 0.25) is 5.91 Å². The molecule has 0 radical (unpaired) electrons. The molecule has 1 heterocycles. The second-order valence-corrected chi connectivity index (χ2v) is 4.39. The van der Waals surface area contributed by atoms with E-state index in [2.05, 4.69) is 24.3 Å². The SMILES string of the molecule is CN(C)CCNCCC(=O)N1CCCC1. The smallest absolute Gasteiger partial charge is 0.223 e. The van der Waals surface area contributed by atoms with Gasteiger partial charge in [-0.05, 0) is 26.9 Å². The fourth-order valence-electron chi connectivity index (χ4n) is 1.75. The number of carbonyl (C=O) groups is 1. The molecule has 0 atom stereocenters. The zero-order valence-electron chi connectivity index (χ0n) is 9.96. The van der Waals surface area contributed by atoms with E-state index >= 15 is 0 Å². The summed E-state index contributed by atoms with van der Waals surface area (Å²) in [4.78, 5) is 15.7. The Morgan fingerprint density at radius 1 is 1.27 bits per heavy atom. The minimum atomic E-state index is 0.310. The number of hydrogen-bond acceptors (Lipinski definition) is 3. The maximum absolute atomic E-state index is 11.6. The monoisotopic (exact) mass is 213 g/mol. The molecule has 0 spiro atoms. The highest BCUT2D eigenvalue weighted by Crippen LogP contribution is 2.08. The van der Waals surface area contributed by atoms with Gasteiger partial charge in [0.15, 0.2) is 0 Å². The minimum Gasteiger partial charge on any atom is -0.343 e. The molecule has 0 bridgehead atoms. The third kappa shape index (κ3) is 5.14. The van der Waals surface area contributed by atoms with Crippen molar-refractivity contribution in [3.05, 3.63) is 0 Å². The Labute approximate surface area is 92.6 Å². The van der Waals surface area contributed by atoms with Crippen LogP contribution in [0.5, 0.6) is 0 Å². The zero-order valence-corrected chi connectivity index (χ0v) is 9.96. The molecule has 1 aliphatic heterocycles. The Morgan fingerprint density at radius 3 is 2.53 bits per heavy atom. The Hall–Kier alpha value is -0.610. The van der Waals surface area contributed by atoms with Gasteiger partial charge in [-0.25, -0.2) is 0 Å². The Kier molecular flexibility index (Phi) is 5.65. The van der Waals surface area contributed by atoms with E-state index in [0.717, 1.165) is 32.7 Å². The van der Waals surface area contributed by atoms with Crippen molar-refractivity contribution in [3.8, 4) is 0 Å². The first-order chi connectivity index (χ1) is 7.20. The maximum atomic E-state index is 11.6. The molecular weight excluding hydrogens is 190 g/mol. The molecule has 0 aromatic heterocycles. The molecule has 1 fully saturated rings. The van der Waals surface area contributed by atoms with Gasteiger partial charge in [-0.1, -0.05) is 0 Å². The van der Waals surface area contributed by atoms with Crippen LogP contribution in [-0.4, -0.2) is 62.5 Å². The molecule has 0 aromatic carbocycles. The third-order valence-corrected chi connectivity index (χ3v) is 2.71. The van der Waals surface area contributed by atoms with Crippen molar-refractivity contribution in [2.75, 3.05) is 46.8 Å². The Morgan fingerprint density at radius 2 is 1.93 bits per heavy atom. The zero-order chi connectivity index (χ0) is 11.1. The van der Waals surface area contributed by atoms with Crippen molar-refractivity contribution in [1.82, 2.24) is 15.1 Å². The predicted molar refractivity (Wildman–Crippen MR) is 61.9 cm³/mol. The summed E-state index contributed by atoms with van der Waals surface area (Å²) in [6.45, 7) is 4.73. The van der Waals surface area contributed by atoms with Crippen LogP contribution >= 0.6 is 0 Å². The number of amides is 1. The summed E-state index contributed by atoms with van der Waals surface area (Å²) in [5, 5.41) is 3.28. The quantitative estimate of drug-likeness (QED) is 0.638. The standard InChI is InChI=1S/C11H23N3O/c1-13(2)10-7-12-6-5-11(15)14-8-3-4-9-14/h12H,3-10H2,1-2H3. The third-order valence-electron chi connectivity index (χ3n) is 2.71. The van der Waals surface area contributed by atoms with Gasteiger partial charge < -0.3 is 15.1 Å². The van der Waals surface area contributed by atoms with Crippen LogP contribution in [0.25, 0.3) is 0 Å². The van der Waals surface area contributed by atoms with E-state index in [-0.39, 0.29) is 0 Å². The first-order valence-corrected chi connectivity index (χ1v) is 5.83. The molecule has 0 aliphatic carbocycles. The lowest BCUT2D eigenvalue weighted by Crippen LogP contribution is -2.32. The maximum Gasteiger partial charge on any atom is 0.223 e. The van der Waals surface area contributed by atoms with Crippen molar-refractivity contribution >= 4 is 5.91 Å². The van der Waals surface area contributed by atoms with Crippen molar-refractivity contribution in [2.45, 2.75) is 19.3 Å². The molecule has 15 heavy (non-hydrogen) atoms. The van der Waals surface area contributed by atoms with Crippen LogP contribution in [0.15, 0.2) is 0 Å². The van der Waals surface area contributed by atoms with E-state index in [1.165, 1.54) is 12.8 Å². The number of nitrogens with zero attached hydrogens (tertiary/aromatic N) is 2. The summed E-state index contributed by atoms with van der Waals surface area (Å²) < 4.78 is 0. The number of hydrogen-bond donors (Lipinski definition) is 1. The highest BCUT2D eigenvalue weighted by Gasteiger charge is 2.16. The minimum absolute atomic E-state index is 0.310. The largest absolute Gasteiger partial charge is 0.343 e. The molecule has 4 nitrogen and oxygen atoms in total. The molecule has 0 saturated carbocycles. The van der Waals surface area contributed by atoms with Gasteiger partial charge in [0, 0.05) is 39.1 Å². The average Bonchev–Trinajstić information content (AvgIpc) is 2.69. The number of nitrogens with one attached hydrogen (secondary N) is 1. The van der Waals surface area contributed by atoms with E-state index < -0.39 is 0 Å². The van der Waals surface area contributed by atoms with Crippen molar-refractivity contribution in [1.29, 1.82) is 0 Å². The highest BCUT2D eigenvalue weighted by atomic mass is 16.2. The van der Waals surface area contributed by atoms with E-state index in [4.69, 9.17) is 0 Å². The van der Waals surface area contributed by atoms with Gasteiger partial charge in [0.25, 0.3) is 0 Å². The average molecular weight is 213 g/mol. The summed E-state index contributed by atoms with van der Waals surface area (Å²) in [6, 6.07) is 0. The summed E-state index contributed by atoms with van der Waals surface area (Å²) in [6.07, 6.45) is 3.01. The number of likely N-dealkylation sites (N-methyl/N-ethyl adjacent to an activating group) is 1. The van der Waals surface area contributed by atoms with Gasteiger partial charge in [-0.2, -0.15) is 0 Å². The van der Waals surface area contributed by atoms with Crippen LogP contribution in [-0.2, 0) is 4.79 Å². The molecule has 1 rings (SSSR count). The van der Waals surface area contributed by atoms with Gasteiger partial charge in [0.05, 0.1) is 0 Å². The molecule has 1 amide bonds. The molecular formula is C11H23N3O. The summed E-state index contributed by atoms with van der Waals surface area (Å²) in [5.74, 6) is 0.310. The number of rotatable bonds is 6. The van der Waals surface area contributed by atoms with E-state index in [9.17, 15) is 4.79 Å². The lowest BCUT2D eigenvalue weighted by Gasteiger charge is -2.15. The van der Waals surface area contributed by atoms with E-state index in [1.807, 2.05) is 4.90 Å².